The molecule has 0 spiro atoms. The van der Waals surface area contributed by atoms with E-state index in [4.69, 9.17) is 0 Å². The lowest BCUT2D eigenvalue weighted by Crippen LogP contribution is -2.43. The van der Waals surface area contributed by atoms with Crippen molar-refractivity contribution >= 4 is 23.1 Å². The Balaban J connectivity index is 1.42. The molecular weight excluding hydrogens is 402 g/mol. The Labute approximate surface area is 186 Å². The predicted octanol–water partition coefficient (Wildman–Crippen LogP) is 3.74. The molecule has 32 heavy (non-hydrogen) atoms. The molecule has 1 fully saturated rings. The second-order valence-corrected chi connectivity index (χ2v) is 8.40. The summed E-state index contributed by atoms with van der Waals surface area (Å²) in [5.74, 6) is 1.49. The van der Waals surface area contributed by atoms with Gasteiger partial charge in [-0.05, 0) is 62.1 Å². The summed E-state index contributed by atoms with van der Waals surface area (Å²) < 4.78 is 1.80. The molecule has 0 radical (unpaired) electrons. The number of aryl methyl sites for hydroxylation is 1. The molecule has 1 aliphatic heterocycles. The first-order valence-corrected chi connectivity index (χ1v) is 10.8. The topological polar surface area (TPSA) is 88.3 Å². The zero-order valence-electron chi connectivity index (χ0n) is 18.3. The fourth-order valence-corrected chi connectivity index (χ4v) is 4.32. The fraction of sp³-hybridized carbons (Fsp3) is 0.292. The summed E-state index contributed by atoms with van der Waals surface area (Å²) in [6, 6.07) is 11.3. The lowest BCUT2D eigenvalue weighted by Gasteiger charge is -2.28. The van der Waals surface area contributed by atoms with Gasteiger partial charge in [-0.2, -0.15) is 0 Å². The van der Waals surface area contributed by atoms with Crippen LogP contribution in [0, 0.1) is 12.8 Å². The first kappa shape index (κ1) is 20.1. The van der Waals surface area contributed by atoms with Crippen LogP contribution in [-0.4, -0.2) is 42.6 Å². The fourth-order valence-electron chi connectivity index (χ4n) is 4.32. The summed E-state index contributed by atoms with van der Waals surface area (Å²) in [6.45, 7) is 6.29. The molecule has 3 atom stereocenters. The van der Waals surface area contributed by atoms with Crippen molar-refractivity contribution in [3.05, 3.63) is 66.7 Å². The summed E-state index contributed by atoms with van der Waals surface area (Å²) >= 11 is 0. The highest BCUT2D eigenvalue weighted by atomic mass is 16.2. The van der Waals surface area contributed by atoms with Crippen molar-refractivity contribution in [1.29, 1.82) is 0 Å². The average molecular weight is 428 g/mol. The summed E-state index contributed by atoms with van der Waals surface area (Å²) in [5.41, 5.74) is 3.57. The van der Waals surface area contributed by atoms with Gasteiger partial charge in [-0.3, -0.25) is 4.79 Å². The number of nitrogens with one attached hydrogen (secondary N) is 1. The third kappa shape index (κ3) is 3.57. The Hall–Kier alpha value is -3.81. The highest BCUT2D eigenvalue weighted by molar-refractivity contribution is 5.97. The highest BCUT2D eigenvalue weighted by Gasteiger charge is 2.41. The molecule has 0 bridgehead atoms. The molecule has 1 N–H and O–H groups in total. The molecular formula is C24H25N7O. The van der Waals surface area contributed by atoms with Crippen molar-refractivity contribution in [3.63, 3.8) is 0 Å². The van der Waals surface area contributed by atoms with E-state index in [-0.39, 0.29) is 18.0 Å². The third-order valence-electron chi connectivity index (χ3n) is 6.31. The van der Waals surface area contributed by atoms with E-state index in [1.54, 1.807) is 29.2 Å². The van der Waals surface area contributed by atoms with Crippen LogP contribution in [0.4, 0.5) is 11.6 Å². The Bertz CT molecular complexity index is 1270. The molecule has 1 amide bonds. The van der Waals surface area contributed by atoms with E-state index in [1.807, 2.05) is 48.4 Å². The molecule has 4 heterocycles. The van der Waals surface area contributed by atoms with Gasteiger partial charge in [0.15, 0.2) is 5.82 Å². The van der Waals surface area contributed by atoms with Crippen LogP contribution in [0.3, 0.4) is 0 Å². The van der Waals surface area contributed by atoms with Gasteiger partial charge in [0.1, 0.15) is 6.04 Å². The number of aromatic nitrogens is 5. The maximum atomic E-state index is 13.3. The number of nitrogens with zero attached hydrogens (tertiary/aromatic N) is 6. The molecule has 0 aliphatic carbocycles. The number of carbonyl (C=O) groups excluding carboxylic acids is 1. The Morgan fingerprint density at radius 2 is 1.91 bits per heavy atom. The minimum atomic E-state index is -0.334. The molecule has 1 aliphatic rings. The Kier molecular flexibility index (Phi) is 5.05. The van der Waals surface area contributed by atoms with Crippen molar-refractivity contribution in [1.82, 2.24) is 24.6 Å². The van der Waals surface area contributed by atoms with Crippen LogP contribution in [0.2, 0.25) is 0 Å². The normalized spacial score (nSPS) is 20.6. The molecule has 3 aromatic heterocycles. The molecule has 1 aromatic carbocycles. The SMILES string of the molecule is Cc1ccc(NC(=O)[C@@H]2C[C@H](C)[C@H](C)N2c2ncccn2)cc1-c1ncc2cccn2n1. The van der Waals surface area contributed by atoms with E-state index in [1.165, 1.54) is 0 Å². The van der Waals surface area contributed by atoms with Crippen LogP contribution in [0.1, 0.15) is 25.8 Å². The maximum Gasteiger partial charge on any atom is 0.247 e. The number of amides is 1. The van der Waals surface area contributed by atoms with Gasteiger partial charge in [-0.1, -0.05) is 13.0 Å². The van der Waals surface area contributed by atoms with Gasteiger partial charge in [0.05, 0.1) is 11.7 Å². The van der Waals surface area contributed by atoms with Crippen LogP contribution in [0.25, 0.3) is 16.9 Å². The number of anilines is 2. The van der Waals surface area contributed by atoms with Gasteiger partial charge in [-0.15, -0.1) is 5.10 Å². The van der Waals surface area contributed by atoms with E-state index in [2.05, 4.69) is 39.2 Å². The number of fused-ring (bicyclic) bond motifs is 1. The number of benzene rings is 1. The quantitative estimate of drug-likeness (QED) is 0.534. The molecule has 8 nitrogen and oxygen atoms in total. The summed E-state index contributed by atoms with van der Waals surface area (Å²) in [5, 5.41) is 7.70. The van der Waals surface area contributed by atoms with Crippen LogP contribution >= 0.6 is 0 Å². The zero-order chi connectivity index (χ0) is 22.2. The van der Waals surface area contributed by atoms with Gasteiger partial charge in [-0.25, -0.2) is 19.5 Å². The summed E-state index contributed by atoms with van der Waals surface area (Å²) in [4.78, 5) is 28.6. The van der Waals surface area contributed by atoms with Gasteiger partial charge < -0.3 is 10.2 Å². The lowest BCUT2D eigenvalue weighted by molar-refractivity contribution is -0.117. The molecule has 0 saturated carbocycles. The first-order chi connectivity index (χ1) is 15.5. The van der Waals surface area contributed by atoms with Crippen LogP contribution in [-0.2, 0) is 4.79 Å². The van der Waals surface area contributed by atoms with Crippen molar-refractivity contribution in [2.24, 2.45) is 5.92 Å². The van der Waals surface area contributed by atoms with Gasteiger partial charge >= 0.3 is 0 Å². The van der Waals surface area contributed by atoms with E-state index in [0.29, 0.717) is 23.4 Å². The predicted molar refractivity (Wildman–Crippen MR) is 123 cm³/mol. The molecule has 5 rings (SSSR count). The van der Waals surface area contributed by atoms with E-state index in [0.717, 1.165) is 23.1 Å². The second kappa shape index (κ2) is 8.03. The maximum absolute atomic E-state index is 13.3. The van der Waals surface area contributed by atoms with Crippen molar-refractivity contribution in [3.8, 4) is 11.4 Å². The minimum Gasteiger partial charge on any atom is -0.326 e. The van der Waals surface area contributed by atoms with Crippen LogP contribution in [0.15, 0.2) is 61.2 Å². The molecule has 162 valence electrons. The first-order valence-electron chi connectivity index (χ1n) is 10.8. The number of rotatable bonds is 4. The van der Waals surface area contributed by atoms with Crippen LogP contribution < -0.4 is 10.2 Å². The molecule has 0 unspecified atom stereocenters. The number of hydrogen-bond acceptors (Lipinski definition) is 6. The molecule has 8 heteroatoms. The van der Waals surface area contributed by atoms with Crippen molar-refractivity contribution in [2.45, 2.75) is 39.3 Å². The minimum absolute atomic E-state index is 0.0646. The largest absolute Gasteiger partial charge is 0.326 e. The van der Waals surface area contributed by atoms with E-state index < -0.39 is 0 Å². The third-order valence-corrected chi connectivity index (χ3v) is 6.31. The van der Waals surface area contributed by atoms with Crippen molar-refractivity contribution in [2.75, 3.05) is 10.2 Å². The van der Waals surface area contributed by atoms with E-state index in [9.17, 15) is 4.79 Å². The molecule has 1 saturated heterocycles. The van der Waals surface area contributed by atoms with Crippen LogP contribution in [0.5, 0.6) is 0 Å². The summed E-state index contributed by atoms with van der Waals surface area (Å²) in [7, 11) is 0. The smallest absolute Gasteiger partial charge is 0.247 e. The van der Waals surface area contributed by atoms with Gasteiger partial charge in [0.2, 0.25) is 11.9 Å². The number of carbonyl (C=O) groups is 1. The highest BCUT2D eigenvalue weighted by Crippen LogP contribution is 2.33. The second-order valence-electron chi connectivity index (χ2n) is 8.40. The average Bonchev–Trinajstić information content (AvgIpc) is 3.39. The summed E-state index contributed by atoms with van der Waals surface area (Å²) in [6.07, 6.45) is 7.86. The van der Waals surface area contributed by atoms with Gasteiger partial charge in [0.25, 0.3) is 0 Å². The zero-order valence-corrected chi connectivity index (χ0v) is 18.3. The standard InChI is InChI=1S/C24H25N7O/c1-15-7-8-18(13-20(15)22-27-14-19-6-4-11-30(19)29-22)28-23(32)21-12-16(2)17(3)31(21)24-25-9-5-10-26-24/h4-11,13-14,16-17,21H,12H2,1-3H3,(H,28,32)/t16-,17-,21-/m0/s1. The van der Waals surface area contributed by atoms with E-state index >= 15 is 0 Å². The lowest BCUT2D eigenvalue weighted by atomic mass is 10.0. The number of hydrogen-bond donors (Lipinski definition) is 1. The Morgan fingerprint density at radius 1 is 1.09 bits per heavy atom. The van der Waals surface area contributed by atoms with Gasteiger partial charge in [0, 0.05) is 35.9 Å². The van der Waals surface area contributed by atoms with Crippen molar-refractivity contribution < 1.29 is 4.79 Å². The monoisotopic (exact) mass is 427 g/mol. The molecule has 4 aromatic rings. The Morgan fingerprint density at radius 3 is 2.72 bits per heavy atom.